The molecule has 0 aliphatic heterocycles. The average molecular weight is 308 g/mol. The van der Waals surface area contributed by atoms with Crippen LogP contribution in [0.4, 0.5) is 0 Å². The van der Waals surface area contributed by atoms with Gasteiger partial charge in [0.25, 0.3) is 0 Å². The van der Waals surface area contributed by atoms with Crippen LogP contribution in [0.3, 0.4) is 0 Å². The van der Waals surface area contributed by atoms with Crippen LogP contribution < -0.4 is 11.3 Å². The lowest BCUT2D eigenvalue weighted by Gasteiger charge is -2.14. The summed E-state index contributed by atoms with van der Waals surface area (Å²) in [4.78, 5) is 3.96. The molecule has 1 atom stereocenters. The molecule has 0 saturated carbocycles. The summed E-state index contributed by atoms with van der Waals surface area (Å²) in [5.74, 6) is 6.29. The van der Waals surface area contributed by atoms with E-state index >= 15 is 0 Å². The van der Waals surface area contributed by atoms with Gasteiger partial charge in [-0.3, -0.25) is 10.8 Å². The summed E-state index contributed by atoms with van der Waals surface area (Å²) in [6.45, 7) is 0. The second-order valence-corrected chi connectivity index (χ2v) is 5.12. The van der Waals surface area contributed by atoms with Crippen molar-refractivity contribution < 1.29 is 4.42 Å². The molecule has 6 heteroatoms. The third-order valence-electron chi connectivity index (χ3n) is 3.08. The van der Waals surface area contributed by atoms with Crippen molar-refractivity contribution in [2.45, 2.75) is 6.04 Å². The summed E-state index contributed by atoms with van der Waals surface area (Å²) in [5.41, 5.74) is 4.13. The highest BCUT2D eigenvalue weighted by Gasteiger charge is 2.20. The highest BCUT2D eigenvalue weighted by atomic mass is 35.5. The molecule has 1 unspecified atom stereocenters. The summed E-state index contributed by atoms with van der Waals surface area (Å²) < 4.78 is 5.81. The number of nitrogens with one attached hydrogen (secondary N) is 1. The molecular formula is C14H11Cl2N3O. The Balaban J connectivity index is 2.12. The molecule has 3 aromatic rings. The molecule has 3 N–H and O–H groups in total. The van der Waals surface area contributed by atoms with Crippen LogP contribution in [-0.2, 0) is 0 Å². The summed E-state index contributed by atoms with van der Waals surface area (Å²) in [7, 11) is 0. The van der Waals surface area contributed by atoms with Gasteiger partial charge in [-0.2, -0.15) is 0 Å². The Bertz CT molecular complexity index is 757. The first-order valence-electron chi connectivity index (χ1n) is 5.94. The zero-order valence-corrected chi connectivity index (χ0v) is 11.8. The van der Waals surface area contributed by atoms with E-state index in [0.29, 0.717) is 21.4 Å². The topological polar surface area (TPSA) is 64.1 Å². The number of benzene rings is 1. The third kappa shape index (κ3) is 2.27. The highest BCUT2D eigenvalue weighted by Crippen LogP contribution is 2.33. The minimum atomic E-state index is -0.367. The van der Waals surface area contributed by atoms with Gasteiger partial charge in [0.15, 0.2) is 5.58 Å². The fourth-order valence-electron chi connectivity index (χ4n) is 2.13. The molecule has 0 amide bonds. The molecule has 2 aromatic heterocycles. The number of hydrogen-bond acceptors (Lipinski definition) is 4. The predicted molar refractivity (Wildman–Crippen MR) is 79.6 cm³/mol. The van der Waals surface area contributed by atoms with Crippen molar-refractivity contribution in [3.8, 4) is 0 Å². The number of fused-ring (bicyclic) bond motifs is 1. The highest BCUT2D eigenvalue weighted by molar-refractivity contribution is 6.34. The molecule has 1 aromatic carbocycles. The van der Waals surface area contributed by atoms with Crippen LogP contribution in [0.5, 0.6) is 0 Å². The molecule has 0 spiro atoms. The molecule has 0 radical (unpaired) electrons. The number of hydrogen-bond donors (Lipinski definition) is 2. The Morgan fingerprint density at radius 1 is 1.20 bits per heavy atom. The number of nitrogens with zero attached hydrogens (tertiary/aromatic N) is 1. The minimum absolute atomic E-state index is 0.367. The normalized spacial score (nSPS) is 12.8. The Morgan fingerprint density at radius 2 is 2.05 bits per heavy atom. The van der Waals surface area contributed by atoms with Gasteiger partial charge in [0.05, 0.1) is 10.0 Å². The van der Waals surface area contributed by atoms with Crippen LogP contribution in [0.1, 0.15) is 17.4 Å². The van der Waals surface area contributed by atoms with Crippen molar-refractivity contribution >= 4 is 34.2 Å². The third-order valence-corrected chi connectivity index (χ3v) is 3.69. The Morgan fingerprint density at radius 3 is 2.75 bits per heavy atom. The van der Waals surface area contributed by atoms with Crippen LogP contribution in [0.25, 0.3) is 11.0 Å². The number of halogens is 2. The largest absolute Gasteiger partial charge is 0.457 e. The number of pyridine rings is 1. The van der Waals surface area contributed by atoms with E-state index in [9.17, 15) is 0 Å². The van der Waals surface area contributed by atoms with Gasteiger partial charge in [-0.1, -0.05) is 35.3 Å². The first-order chi connectivity index (χ1) is 9.70. The number of furan rings is 1. The van der Waals surface area contributed by atoms with Crippen LogP contribution in [0, 0.1) is 0 Å². The molecule has 3 rings (SSSR count). The van der Waals surface area contributed by atoms with Crippen molar-refractivity contribution in [1.82, 2.24) is 10.4 Å². The predicted octanol–water partition coefficient (Wildman–Crippen LogP) is 3.69. The van der Waals surface area contributed by atoms with Crippen LogP contribution >= 0.6 is 23.2 Å². The van der Waals surface area contributed by atoms with Crippen LogP contribution in [0.15, 0.2) is 47.1 Å². The zero-order chi connectivity index (χ0) is 14.1. The molecule has 0 aliphatic rings. The zero-order valence-electron chi connectivity index (χ0n) is 10.3. The summed E-state index contributed by atoms with van der Waals surface area (Å²) in [5, 5.41) is 1.99. The maximum atomic E-state index is 6.15. The number of rotatable bonds is 3. The van der Waals surface area contributed by atoms with E-state index in [1.165, 1.54) is 0 Å². The van der Waals surface area contributed by atoms with Crippen molar-refractivity contribution in [3.05, 3.63) is 64.1 Å². The van der Waals surface area contributed by atoms with Crippen molar-refractivity contribution in [2.75, 3.05) is 0 Å². The van der Waals surface area contributed by atoms with Crippen LogP contribution in [0.2, 0.25) is 10.0 Å². The van der Waals surface area contributed by atoms with E-state index in [4.69, 9.17) is 33.5 Å². The van der Waals surface area contributed by atoms with Gasteiger partial charge in [-0.05, 0) is 23.8 Å². The van der Waals surface area contributed by atoms with Crippen molar-refractivity contribution in [2.24, 2.45) is 5.84 Å². The van der Waals surface area contributed by atoms with E-state index < -0.39 is 0 Å². The van der Waals surface area contributed by atoms with Gasteiger partial charge in [-0.15, -0.1) is 0 Å². The monoisotopic (exact) mass is 307 g/mol. The molecule has 0 saturated heterocycles. The van der Waals surface area contributed by atoms with Gasteiger partial charge in [-0.25, -0.2) is 5.43 Å². The van der Waals surface area contributed by atoms with Crippen LogP contribution in [-0.4, -0.2) is 4.98 Å². The second-order valence-electron chi connectivity index (χ2n) is 4.30. The minimum Gasteiger partial charge on any atom is -0.457 e. The van der Waals surface area contributed by atoms with E-state index in [0.717, 1.165) is 10.9 Å². The number of para-hydroxylation sites is 1. The fraction of sp³-hybridized carbons (Fsp3) is 0.0714. The summed E-state index contributed by atoms with van der Waals surface area (Å²) in [6, 6.07) is 8.89. The maximum absolute atomic E-state index is 6.15. The maximum Gasteiger partial charge on any atom is 0.152 e. The standard InChI is InChI=1S/C14H11Cl2N3O/c15-10-3-1-2-8-6-12(20-14(8)10)13(19-17)9-4-5-18-7-11(9)16/h1-7,13,19H,17H2. The van der Waals surface area contributed by atoms with E-state index in [-0.39, 0.29) is 6.04 Å². The molecule has 20 heavy (non-hydrogen) atoms. The molecule has 102 valence electrons. The Kier molecular flexibility index (Phi) is 3.63. The Hall–Kier alpha value is -1.59. The van der Waals surface area contributed by atoms with Gasteiger partial charge < -0.3 is 4.42 Å². The van der Waals surface area contributed by atoms with Gasteiger partial charge >= 0.3 is 0 Å². The van der Waals surface area contributed by atoms with E-state index in [1.54, 1.807) is 24.5 Å². The first-order valence-corrected chi connectivity index (χ1v) is 6.70. The average Bonchev–Trinajstić information content (AvgIpc) is 2.87. The molecule has 0 aliphatic carbocycles. The molecular weight excluding hydrogens is 297 g/mol. The molecule has 0 bridgehead atoms. The van der Waals surface area contributed by atoms with Gasteiger partial charge in [0.1, 0.15) is 11.8 Å². The number of hydrazine groups is 1. The second kappa shape index (κ2) is 5.42. The van der Waals surface area contributed by atoms with E-state index in [1.807, 2.05) is 18.2 Å². The SMILES string of the molecule is NNC(c1cc2cccc(Cl)c2o1)c1ccncc1Cl. The lowest BCUT2D eigenvalue weighted by Crippen LogP contribution is -2.28. The van der Waals surface area contributed by atoms with Crippen molar-refractivity contribution in [3.63, 3.8) is 0 Å². The number of nitrogens with two attached hydrogens (primary N) is 1. The summed E-state index contributed by atoms with van der Waals surface area (Å²) in [6.07, 6.45) is 3.22. The van der Waals surface area contributed by atoms with Gasteiger partial charge in [0, 0.05) is 17.8 Å². The smallest absolute Gasteiger partial charge is 0.152 e. The van der Waals surface area contributed by atoms with Gasteiger partial charge in [0.2, 0.25) is 0 Å². The summed E-state index contributed by atoms with van der Waals surface area (Å²) >= 11 is 12.3. The lowest BCUT2D eigenvalue weighted by molar-refractivity contribution is 0.477. The first kappa shape index (κ1) is 13.4. The molecule has 2 heterocycles. The Labute approximate surface area is 125 Å². The van der Waals surface area contributed by atoms with E-state index in [2.05, 4.69) is 10.4 Å². The van der Waals surface area contributed by atoms with Crippen molar-refractivity contribution in [1.29, 1.82) is 0 Å². The lowest BCUT2D eigenvalue weighted by atomic mass is 10.1. The molecule has 4 nitrogen and oxygen atoms in total. The quantitative estimate of drug-likeness (QED) is 0.572. The fourth-order valence-corrected chi connectivity index (χ4v) is 2.58. The molecule has 0 fully saturated rings. The number of aromatic nitrogens is 1.